The minimum Gasteiger partial charge on any atom is -0.352 e. The Kier molecular flexibility index (Phi) is 4.73. The Labute approximate surface area is 185 Å². The zero-order chi connectivity index (χ0) is 21.0. The normalized spacial score (nSPS) is 13.7. The molecule has 4 aromatic rings. The second-order valence-corrected chi connectivity index (χ2v) is 8.33. The summed E-state index contributed by atoms with van der Waals surface area (Å²) in [5.74, 6) is -0.423. The highest BCUT2D eigenvalue weighted by Crippen LogP contribution is 2.39. The molecule has 30 heavy (non-hydrogen) atoms. The molecule has 0 radical (unpaired) electrons. The molecule has 1 N–H and O–H groups in total. The van der Waals surface area contributed by atoms with Gasteiger partial charge in [0.1, 0.15) is 5.82 Å². The van der Waals surface area contributed by atoms with Crippen molar-refractivity contribution in [2.45, 2.75) is 18.9 Å². The van der Waals surface area contributed by atoms with E-state index in [1.807, 2.05) is 0 Å². The number of benzene rings is 2. The number of nitrogens with one attached hydrogen (secondary N) is 1. The van der Waals surface area contributed by atoms with E-state index in [1.54, 1.807) is 45.9 Å². The third-order valence-corrected chi connectivity index (χ3v) is 5.94. The smallest absolute Gasteiger partial charge is 0.277 e. The lowest BCUT2D eigenvalue weighted by molar-refractivity contribution is 0.578. The summed E-state index contributed by atoms with van der Waals surface area (Å²) in [5.41, 5.74) is 2.22. The molecule has 0 atom stereocenters. The topological polar surface area (TPSA) is 51.3 Å². The number of rotatable bonds is 4. The van der Waals surface area contributed by atoms with Crippen LogP contribution in [0.5, 0.6) is 0 Å². The first-order valence-electron chi connectivity index (χ1n) is 9.23. The molecule has 9 heteroatoms. The number of aromatic nitrogens is 3. The average Bonchev–Trinajstić information content (AvgIpc) is 3.49. The van der Waals surface area contributed by atoms with Crippen LogP contribution in [0.1, 0.15) is 18.9 Å². The molecular formula is C21H14Cl3FN4O. The van der Waals surface area contributed by atoms with Crippen LogP contribution in [0.2, 0.25) is 15.1 Å². The number of anilines is 2. The molecule has 5 nitrogen and oxygen atoms in total. The van der Waals surface area contributed by atoms with Gasteiger partial charge in [-0.05, 0) is 43.2 Å². The van der Waals surface area contributed by atoms with Gasteiger partial charge in [-0.25, -0.2) is 18.6 Å². The largest absolute Gasteiger partial charge is 0.352 e. The van der Waals surface area contributed by atoms with Gasteiger partial charge in [0.15, 0.2) is 5.65 Å². The maximum atomic E-state index is 13.3. The first-order valence-corrected chi connectivity index (χ1v) is 10.4. The van der Waals surface area contributed by atoms with Crippen molar-refractivity contribution in [1.82, 2.24) is 14.2 Å². The van der Waals surface area contributed by atoms with E-state index < -0.39 is 5.82 Å². The van der Waals surface area contributed by atoms with Crippen LogP contribution < -0.4 is 10.9 Å². The Hall–Kier alpha value is -2.54. The van der Waals surface area contributed by atoms with Gasteiger partial charge in [-0.15, -0.1) is 0 Å². The first-order chi connectivity index (χ1) is 14.4. The molecule has 5 rings (SSSR count). The lowest BCUT2D eigenvalue weighted by atomic mass is 10.1. The molecule has 0 saturated heterocycles. The molecule has 0 amide bonds. The van der Waals surface area contributed by atoms with Crippen LogP contribution in [-0.2, 0) is 0 Å². The van der Waals surface area contributed by atoms with Crippen LogP contribution in [0, 0.1) is 5.82 Å². The summed E-state index contributed by atoms with van der Waals surface area (Å²) in [6.07, 6.45) is 5.16. The maximum absolute atomic E-state index is 13.3. The van der Waals surface area contributed by atoms with Crippen molar-refractivity contribution in [3.05, 3.63) is 80.0 Å². The van der Waals surface area contributed by atoms with E-state index in [-0.39, 0.29) is 16.6 Å². The van der Waals surface area contributed by atoms with Gasteiger partial charge in [0, 0.05) is 5.56 Å². The molecule has 0 unspecified atom stereocenters. The monoisotopic (exact) mass is 462 g/mol. The van der Waals surface area contributed by atoms with Crippen LogP contribution in [0.4, 0.5) is 15.8 Å². The van der Waals surface area contributed by atoms with Gasteiger partial charge in [0.2, 0.25) is 0 Å². The molecule has 1 aliphatic carbocycles. The highest BCUT2D eigenvalue weighted by Gasteiger charge is 2.31. The van der Waals surface area contributed by atoms with Crippen molar-refractivity contribution in [1.29, 1.82) is 0 Å². The van der Waals surface area contributed by atoms with Crippen molar-refractivity contribution in [3.8, 4) is 11.1 Å². The molecule has 0 spiro atoms. The fourth-order valence-corrected chi connectivity index (χ4v) is 4.30. The molecule has 0 bridgehead atoms. The van der Waals surface area contributed by atoms with Gasteiger partial charge in [-0.1, -0.05) is 40.9 Å². The maximum Gasteiger partial charge on any atom is 0.277 e. The Balaban J connectivity index is 1.69. The van der Waals surface area contributed by atoms with Crippen molar-refractivity contribution in [3.63, 3.8) is 0 Å². The molecular weight excluding hydrogens is 450 g/mol. The van der Waals surface area contributed by atoms with Crippen LogP contribution in [0.25, 0.3) is 16.8 Å². The summed E-state index contributed by atoms with van der Waals surface area (Å²) in [4.78, 5) is 17.9. The van der Waals surface area contributed by atoms with E-state index in [0.717, 1.165) is 12.8 Å². The molecule has 1 fully saturated rings. The quantitative estimate of drug-likeness (QED) is 0.384. The summed E-state index contributed by atoms with van der Waals surface area (Å²) >= 11 is 18.9. The summed E-state index contributed by atoms with van der Waals surface area (Å²) in [6.45, 7) is 0. The minimum atomic E-state index is -0.423. The van der Waals surface area contributed by atoms with E-state index in [1.165, 1.54) is 12.1 Å². The van der Waals surface area contributed by atoms with Crippen LogP contribution in [0.3, 0.4) is 0 Å². The second kappa shape index (κ2) is 7.30. The second-order valence-electron chi connectivity index (χ2n) is 7.11. The van der Waals surface area contributed by atoms with Crippen molar-refractivity contribution < 1.29 is 4.39 Å². The Morgan fingerprint density at radius 1 is 1.03 bits per heavy atom. The molecule has 2 aromatic heterocycles. The summed E-state index contributed by atoms with van der Waals surface area (Å²) in [5, 5.41) is 4.13. The molecule has 1 saturated carbocycles. The number of hydrogen-bond acceptors (Lipinski definition) is 3. The fourth-order valence-electron chi connectivity index (χ4n) is 3.49. The van der Waals surface area contributed by atoms with Crippen LogP contribution >= 0.6 is 34.8 Å². The van der Waals surface area contributed by atoms with E-state index in [2.05, 4.69) is 10.3 Å². The highest BCUT2D eigenvalue weighted by molar-refractivity contribution is 6.39. The zero-order valence-corrected chi connectivity index (χ0v) is 17.6. The zero-order valence-electron chi connectivity index (χ0n) is 15.4. The standard InChI is InChI=1S/C21H14Cl3FN4O/c22-14-2-1-3-15(23)18(14)19-20-26-9-12(27-17-7-4-11(25)8-16(17)24)10-28(20)29(21(19)30)13-5-6-13/h1-4,7-10,13,27H,5-6H2. The van der Waals surface area contributed by atoms with Gasteiger partial charge in [-0.3, -0.25) is 4.79 Å². The molecule has 2 aromatic carbocycles. The summed E-state index contributed by atoms with van der Waals surface area (Å²) < 4.78 is 16.7. The average molecular weight is 464 g/mol. The lowest BCUT2D eigenvalue weighted by Crippen LogP contribution is -2.19. The van der Waals surface area contributed by atoms with E-state index in [4.69, 9.17) is 34.8 Å². The molecule has 0 aliphatic heterocycles. The third kappa shape index (κ3) is 3.25. The van der Waals surface area contributed by atoms with Gasteiger partial charge >= 0.3 is 0 Å². The van der Waals surface area contributed by atoms with Gasteiger partial charge < -0.3 is 5.32 Å². The van der Waals surface area contributed by atoms with Crippen molar-refractivity contribution in [2.75, 3.05) is 5.32 Å². The highest BCUT2D eigenvalue weighted by atomic mass is 35.5. The SMILES string of the molecule is O=c1c(-c2c(Cl)cccc2Cl)c2ncc(Nc3ccc(F)cc3Cl)cn2n1C1CC1. The van der Waals surface area contributed by atoms with Crippen molar-refractivity contribution >= 4 is 51.8 Å². The first kappa shape index (κ1) is 19.4. The lowest BCUT2D eigenvalue weighted by Gasteiger charge is -2.10. The fraction of sp³-hybridized carbons (Fsp3) is 0.143. The summed E-state index contributed by atoms with van der Waals surface area (Å²) in [7, 11) is 0. The van der Waals surface area contributed by atoms with Crippen LogP contribution in [0.15, 0.2) is 53.6 Å². The van der Waals surface area contributed by atoms with Crippen molar-refractivity contribution in [2.24, 2.45) is 0 Å². The Morgan fingerprint density at radius 2 is 1.77 bits per heavy atom. The Morgan fingerprint density at radius 3 is 2.43 bits per heavy atom. The van der Waals surface area contributed by atoms with Gasteiger partial charge in [0.05, 0.1) is 50.4 Å². The van der Waals surface area contributed by atoms with Crippen LogP contribution in [-0.4, -0.2) is 14.2 Å². The minimum absolute atomic E-state index is 0.0893. The molecule has 1 aliphatic rings. The van der Waals surface area contributed by atoms with Gasteiger partial charge in [0.25, 0.3) is 5.56 Å². The number of fused-ring (bicyclic) bond motifs is 1. The predicted molar refractivity (Wildman–Crippen MR) is 118 cm³/mol. The predicted octanol–water partition coefficient (Wildman–Crippen LogP) is 6.34. The van der Waals surface area contributed by atoms with E-state index in [9.17, 15) is 9.18 Å². The number of halogens is 4. The number of hydrogen-bond donors (Lipinski definition) is 1. The number of nitrogens with zero attached hydrogens (tertiary/aromatic N) is 3. The van der Waals surface area contributed by atoms with Gasteiger partial charge in [-0.2, -0.15) is 0 Å². The van der Waals surface area contributed by atoms with E-state index >= 15 is 0 Å². The van der Waals surface area contributed by atoms with E-state index in [0.29, 0.717) is 38.2 Å². The Bertz CT molecular complexity index is 1340. The summed E-state index contributed by atoms with van der Waals surface area (Å²) in [6, 6.07) is 9.29. The molecule has 2 heterocycles. The molecule has 152 valence electrons. The third-order valence-electron chi connectivity index (χ3n) is 5.00.